The first-order chi connectivity index (χ1) is 9.69. The van der Waals surface area contributed by atoms with Crippen molar-refractivity contribution in [1.29, 1.82) is 0 Å². The summed E-state index contributed by atoms with van der Waals surface area (Å²) in [5, 5.41) is 21.3. The van der Waals surface area contributed by atoms with E-state index in [0.29, 0.717) is 11.8 Å². The third kappa shape index (κ3) is 2.43. The Kier molecular flexibility index (Phi) is 3.72. The number of aromatic nitrogens is 4. The zero-order valence-electron chi connectivity index (χ0n) is 11.9. The van der Waals surface area contributed by atoms with Crippen LogP contribution in [0, 0.1) is 11.8 Å². The fraction of sp³-hybridized carbons (Fsp3) is 0.857. The summed E-state index contributed by atoms with van der Waals surface area (Å²) in [7, 11) is 0. The highest BCUT2D eigenvalue weighted by molar-refractivity contribution is 5.67. The second-order valence-corrected chi connectivity index (χ2v) is 6.30. The molecule has 0 saturated heterocycles. The van der Waals surface area contributed by atoms with Gasteiger partial charge in [-0.25, -0.2) is 4.68 Å². The van der Waals surface area contributed by atoms with E-state index >= 15 is 0 Å². The Morgan fingerprint density at radius 3 is 2.90 bits per heavy atom. The molecular formula is C14H22N4O2. The highest BCUT2D eigenvalue weighted by Gasteiger charge is 2.43. The number of hydrogen-bond acceptors (Lipinski definition) is 4. The number of fused-ring (bicyclic) bond motifs is 2. The van der Waals surface area contributed by atoms with Crippen LogP contribution in [-0.4, -0.2) is 31.3 Å². The first-order valence-electron chi connectivity index (χ1n) is 7.68. The Bertz CT molecular complexity index is 487. The van der Waals surface area contributed by atoms with Gasteiger partial charge in [-0.2, -0.15) is 0 Å². The molecule has 2 aliphatic carbocycles. The molecule has 0 amide bonds. The van der Waals surface area contributed by atoms with Crippen LogP contribution in [0.4, 0.5) is 0 Å². The lowest BCUT2D eigenvalue weighted by Crippen LogP contribution is -2.21. The molecular weight excluding hydrogens is 256 g/mol. The number of carbonyl (C=O) groups is 1. The lowest BCUT2D eigenvalue weighted by molar-refractivity contribution is -0.138. The van der Waals surface area contributed by atoms with E-state index in [9.17, 15) is 4.79 Å². The molecule has 0 aliphatic heterocycles. The third-order valence-corrected chi connectivity index (χ3v) is 4.97. The van der Waals surface area contributed by atoms with Gasteiger partial charge < -0.3 is 5.11 Å². The minimum absolute atomic E-state index is 0.104. The molecule has 20 heavy (non-hydrogen) atoms. The quantitative estimate of drug-likeness (QED) is 0.864. The van der Waals surface area contributed by atoms with E-state index in [1.165, 1.54) is 25.7 Å². The molecule has 1 N–H and O–H groups in total. The maximum Gasteiger partial charge on any atom is 0.305 e. The maximum atomic E-state index is 11.1. The Labute approximate surface area is 118 Å². The molecule has 1 aromatic heterocycles. The molecule has 6 nitrogen and oxygen atoms in total. The number of carboxylic acid groups (broad SMARTS) is 1. The Balaban J connectivity index is 1.82. The molecule has 0 radical (unpaired) electrons. The summed E-state index contributed by atoms with van der Waals surface area (Å²) in [4.78, 5) is 11.1. The van der Waals surface area contributed by atoms with E-state index in [2.05, 4.69) is 22.4 Å². The molecule has 6 heteroatoms. The summed E-state index contributed by atoms with van der Waals surface area (Å²) in [6.45, 7) is 2.07. The average molecular weight is 278 g/mol. The van der Waals surface area contributed by atoms with E-state index in [1.807, 2.05) is 4.68 Å². The zero-order valence-corrected chi connectivity index (χ0v) is 11.9. The van der Waals surface area contributed by atoms with Crippen molar-refractivity contribution >= 4 is 5.97 Å². The number of tetrazole rings is 1. The van der Waals surface area contributed by atoms with Crippen LogP contribution in [0.2, 0.25) is 0 Å². The van der Waals surface area contributed by atoms with Crippen LogP contribution in [0.25, 0.3) is 0 Å². The van der Waals surface area contributed by atoms with Crippen molar-refractivity contribution in [3.63, 3.8) is 0 Å². The van der Waals surface area contributed by atoms with Crippen molar-refractivity contribution in [1.82, 2.24) is 20.2 Å². The molecule has 2 fully saturated rings. The molecule has 4 unspecified atom stereocenters. The number of carboxylic acids is 1. The summed E-state index contributed by atoms with van der Waals surface area (Å²) in [5.74, 6) is 2.13. The van der Waals surface area contributed by atoms with Crippen LogP contribution in [0.1, 0.15) is 69.7 Å². The summed E-state index contributed by atoms with van der Waals surface area (Å²) in [5.41, 5.74) is 0. The molecule has 3 rings (SSSR count). The van der Waals surface area contributed by atoms with Gasteiger partial charge in [0.1, 0.15) is 0 Å². The van der Waals surface area contributed by atoms with Crippen molar-refractivity contribution in [2.75, 3.05) is 0 Å². The van der Waals surface area contributed by atoms with Crippen LogP contribution in [0.5, 0.6) is 0 Å². The Hall–Kier alpha value is -1.46. The van der Waals surface area contributed by atoms with Crippen LogP contribution in [0.15, 0.2) is 0 Å². The van der Waals surface area contributed by atoms with Crippen LogP contribution >= 0.6 is 0 Å². The zero-order chi connectivity index (χ0) is 14.1. The van der Waals surface area contributed by atoms with Gasteiger partial charge in [-0.05, 0) is 47.9 Å². The third-order valence-electron chi connectivity index (χ3n) is 4.97. The van der Waals surface area contributed by atoms with Crippen molar-refractivity contribution < 1.29 is 9.90 Å². The molecule has 2 saturated carbocycles. The number of hydrogen-bond donors (Lipinski definition) is 1. The van der Waals surface area contributed by atoms with E-state index in [4.69, 9.17) is 5.11 Å². The van der Waals surface area contributed by atoms with Gasteiger partial charge in [-0.15, -0.1) is 5.10 Å². The van der Waals surface area contributed by atoms with Gasteiger partial charge >= 0.3 is 5.97 Å². The first kappa shape index (κ1) is 13.5. The minimum Gasteiger partial charge on any atom is -0.481 e. The van der Waals surface area contributed by atoms with Crippen molar-refractivity contribution in [2.24, 2.45) is 11.8 Å². The van der Waals surface area contributed by atoms with Gasteiger partial charge in [0.15, 0.2) is 5.82 Å². The van der Waals surface area contributed by atoms with Gasteiger partial charge in [0, 0.05) is 5.92 Å². The number of rotatable bonds is 6. The number of aliphatic carboxylic acids is 1. The highest BCUT2D eigenvalue weighted by atomic mass is 16.4. The monoisotopic (exact) mass is 278 g/mol. The van der Waals surface area contributed by atoms with Gasteiger partial charge in [0.2, 0.25) is 0 Å². The molecule has 110 valence electrons. The summed E-state index contributed by atoms with van der Waals surface area (Å²) < 4.78 is 1.81. The summed E-state index contributed by atoms with van der Waals surface area (Å²) in [6.07, 6.45) is 6.95. The SMILES string of the molecule is CCCC(CC(=O)O)n1nnnc1C1CC2CCC1C2. The predicted octanol–water partition coefficient (Wildman–Crippen LogP) is 2.39. The first-order valence-corrected chi connectivity index (χ1v) is 7.68. The lowest BCUT2D eigenvalue weighted by Gasteiger charge is -2.23. The Morgan fingerprint density at radius 1 is 1.45 bits per heavy atom. The molecule has 1 aromatic rings. The van der Waals surface area contributed by atoms with Crippen LogP contribution in [-0.2, 0) is 4.79 Å². The fourth-order valence-electron chi connectivity index (χ4n) is 4.11. The molecule has 4 atom stereocenters. The minimum atomic E-state index is -0.780. The highest BCUT2D eigenvalue weighted by Crippen LogP contribution is 2.52. The Morgan fingerprint density at radius 2 is 2.30 bits per heavy atom. The van der Waals surface area contributed by atoms with Crippen molar-refractivity contribution in [2.45, 2.75) is 63.8 Å². The number of nitrogens with zero attached hydrogens (tertiary/aromatic N) is 4. The molecule has 1 heterocycles. The summed E-state index contributed by atoms with van der Waals surface area (Å²) in [6, 6.07) is -0.110. The maximum absolute atomic E-state index is 11.1. The molecule has 0 spiro atoms. The van der Waals surface area contributed by atoms with Crippen molar-refractivity contribution in [3.8, 4) is 0 Å². The standard InChI is InChI=1S/C14H22N4O2/c1-2-3-11(8-13(19)20)18-14(15-16-17-18)12-7-9-4-5-10(12)6-9/h9-12H,2-8H2,1H3,(H,19,20). The lowest BCUT2D eigenvalue weighted by atomic mass is 9.88. The molecule has 2 aliphatic rings. The van der Waals surface area contributed by atoms with Gasteiger partial charge in [0.05, 0.1) is 12.5 Å². The van der Waals surface area contributed by atoms with E-state index in [0.717, 1.165) is 24.6 Å². The van der Waals surface area contributed by atoms with Gasteiger partial charge in [-0.3, -0.25) is 4.79 Å². The van der Waals surface area contributed by atoms with E-state index in [1.54, 1.807) is 0 Å². The topological polar surface area (TPSA) is 80.9 Å². The second kappa shape index (κ2) is 5.50. The largest absolute Gasteiger partial charge is 0.481 e. The average Bonchev–Trinajstić information content (AvgIpc) is 3.13. The predicted molar refractivity (Wildman–Crippen MR) is 72.2 cm³/mol. The van der Waals surface area contributed by atoms with Gasteiger partial charge in [-0.1, -0.05) is 19.8 Å². The molecule has 0 aromatic carbocycles. The smallest absolute Gasteiger partial charge is 0.305 e. The van der Waals surface area contributed by atoms with E-state index in [-0.39, 0.29) is 12.5 Å². The van der Waals surface area contributed by atoms with Gasteiger partial charge in [0.25, 0.3) is 0 Å². The molecule has 2 bridgehead atoms. The second-order valence-electron chi connectivity index (χ2n) is 6.30. The fourth-order valence-corrected chi connectivity index (χ4v) is 4.11. The van der Waals surface area contributed by atoms with Crippen molar-refractivity contribution in [3.05, 3.63) is 5.82 Å². The van der Waals surface area contributed by atoms with Crippen LogP contribution < -0.4 is 0 Å². The van der Waals surface area contributed by atoms with E-state index < -0.39 is 5.97 Å². The normalized spacial score (nSPS) is 29.8. The summed E-state index contributed by atoms with van der Waals surface area (Å²) >= 11 is 0. The van der Waals surface area contributed by atoms with Crippen LogP contribution in [0.3, 0.4) is 0 Å².